The molecule has 9 heteroatoms. The summed E-state index contributed by atoms with van der Waals surface area (Å²) in [5, 5.41) is 0. The summed E-state index contributed by atoms with van der Waals surface area (Å²) in [5.74, 6) is 0.0514. The fourth-order valence-corrected chi connectivity index (χ4v) is 2.31. The molecule has 116 valence electrons. The highest BCUT2D eigenvalue weighted by atomic mass is 16.5. The molecule has 0 radical (unpaired) electrons. The number of nitrogens with zero attached hydrogens (tertiary/aromatic N) is 4. The second-order valence-electron chi connectivity index (χ2n) is 4.82. The number of rotatable bonds is 3. The van der Waals surface area contributed by atoms with Gasteiger partial charge in [0.05, 0.1) is 12.8 Å². The lowest BCUT2D eigenvalue weighted by atomic mass is 10.3. The highest BCUT2D eigenvalue weighted by Gasteiger charge is 2.19. The molecule has 0 saturated carbocycles. The number of imidazole rings is 1. The summed E-state index contributed by atoms with van der Waals surface area (Å²) < 4.78 is 14.0. The van der Waals surface area contributed by atoms with Crippen molar-refractivity contribution in [2.24, 2.45) is 14.1 Å². The van der Waals surface area contributed by atoms with Crippen molar-refractivity contribution in [3.63, 3.8) is 0 Å². The fourth-order valence-electron chi connectivity index (χ4n) is 2.31. The zero-order chi connectivity index (χ0) is 16.0. The average molecular weight is 306 g/mol. The Hall–Kier alpha value is -2.84. The van der Waals surface area contributed by atoms with Gasteiger partial charge in [-0.1, -0.05) is 0 Å². The number of hydrogen-bond donors (Lipinski definition) is 0. The molecule has 0 aliphatic heterocycles. The van der Waals surface area contributed by atoms with Crippen molar-refractivity contribution in [1.82, 2.24) is 18.5 Å². The lowest BCUT2D eigenvalue weighted by Gasteiger charge is -2.02. The third kappa shape index (κ3) is 1.93. The van der Waals surface area contributed by atoms with Gasteiger partial charge < -0.3 is 9.15 Å². The molecule has 3 heterocycles. The van der Waals surface area contributed by atoms with Crippen molar-refractivity contribution in [1.29, 1.82) is 0 Å². The first kappa shape index (κ1) is 14.1. The Kier molecular flexibility index (Phi) is 3.12. The first-order chi connectivity index (χ1) is 10.4. The minimum Gasteiger partial charge on any atom is -0.466 e. The topological polar surface area (TPSA) is 101 Å². The van der Waals surface area contributed by atoms with E-state index in [1.165, 1.54) is 29.3 Å². The maximum Gasteiger partial charge on any atom is 0.332 e. The summed E-state index contributed by atoms with van der Waals surface area (Å²) in [6.45, 7) is 1.99. The molecule has 3 rings (SSSR count). The van der Waals surface area contributed by atoms with Crippen LogP contribution in [0.4, 0.5) is 0 Å². The first-order valence-electron chi connectivity index (χ1n) is 6.66. The van der Waals surface area contributed by atoms with Crippen LogP contribution in [0.25, 0.3) is 17.0 Å². The van der Waals surface area contributed by atoms with Gasteiger partial charge in [-0.3, -0.25) is 23.1 Å². The smallest absolute Gasteiger partial charge is 0.332 e. The van der Waals surface area contributed by atoms with Crippen LogP contribution in [0.5, 0.6) is 0 Å². The van der Waals surface area contributed by atoms with Crippen LogP contribution in [0.2, 0.25) is 0 Å². The standard InChI is InChI=1S/C13H14N4O5/c1-4-21-8(18)5-7-6-17-9-10(14-12(17)22-7)15(2)13(20)16(3)11(9)19/h6H,4-5H2,1-3H3. The summed E-state index contributed by atoms with van der Waals surface area (Å²) in [5.41, 5.74) is -0.493. The SMILES string of the molecule is CCOC(=O)Cc1cn2c(nc3c2c(=O)n(C)c(=O)n3C)o1. The zero-order valence-corrected chi connectivity index (χ0v) is 12.3. The predicted molar refractivity (Wildman–Crippen MR) is 75.8 cm³/mol. The number of hydrogen-bond acceptors (Lipinski definition) is 6. The molecule has 0 aliphatic rings. The highest BCUT2D eigenvalue weighted by molar-refractivity contribution is 5.75. The van der Waals surface area contributed by atoms with Gasteiger partial charge in [-0.25, -0.2) is 4.79 Å². The molecule has 3 aromatic rings. The number of aryl methyl sites for hydroxylation is 1. The van der Waals surface area contributed by atoms with Crippen LogP contribution in [0, 0.1) is 0 Å². The molecular formula is C13H14N4O5. The van der Waals surface area contributed by atoms with E-state index < -0.39 is 17.2 Å². The molecule has 0 spiro atoms. The zero-order valence-electron chi connectivity index (χ0n) is 12.3. The van der Waals surface area contributed by atoms with Crippen LogP contribution in [-0.2, 0) is 30.0 Å². The number of carbonyl (C=O) groups is 1. The van der Waals surface area contributed by atoms with Crippen molar-refractivity contribution in [2.45, 2.75) is 13.3 Å². The second-order valence-corrected chi connectivity index (χ2v) is 4.82. The number of esters is 1. The minimum absolute atomic E-state index is 0.0508. The molecule has 0 aliphatic carbocycles. The monoisotopic (exact) mass is 306 g/mol. The Morgan fingerprint density at radius 3 is 2.73 bits per heavy atom. The van der Waals surface area contributed by atoms with E-state index in [1.54, 1.807) is 6.92 Å². The Bertz CT molecular complexity index is 1000. The van der Waals surface area contributed by atoms with Gasteiger partial charge in [0.15, 0.2) is 11.2 Å². The summed E-state index contributed by atoms with van der Waals surface area (Å²) in [6, 6.07) is 0. The molecule has 0 atom stereocenters. The number of oxazole rings is 1. The van der Waals surface area contributed by atoms with Gasteiger partial charge in [0, 0.05) is 14.1 Å². The average Bonchev–Trinajstić information content (AvgIpc) is 3.00. The molecule has 3 aromatic heterocycles. The molecule has 0 N–H and O–H groups in total. The number of carbonyl (C=O) groups excluding carboxylic acids is 1. The van der Waals surface area contributed by atoms with E-state index in [-0.39, 0.29) is 30.0 Å². The van der Waals surface area contributed by atoms with Gasteiger partial charge in [-0.15, -0.1) is 0 Å². The quantitative estimate of drug-likeness (QED) is 0.609. The van der Waals surface area contributed by atoms with Gasteiger partial charge in [-0.05, 0) is 6.92 Å². The van der Waals surface area contributed by atoms with Gasteiger partial charge in [-0.2, -0.15) is 4.98 Å². The summed E-state index contributed by atoms with van der Waals surface area (Å²) >= 11 is 0. The molecule has 0 fully saturated rings. The predicted octanol–water partition coefficient (Wildman–Crippen LogP) is -0.416. The normalized spacial score (nSPS) is 11.4. The minimum atomic E-state index is -0.478. The second kappa shape index (κ2) is 4.86. The summed E-state index contributed by atoms with van der Waals surface area (Å²) in [7, 11) is 2.92. The highest BCUT2D eigenvalue weighted by Crippen LogP contribution is 2.16. The van der Waals surface area contributed by atoms with Crippen LogP contribution in [-0.4, -0.2) is 31.1 Å². The van der Waals surface area contributed by atoms with Crippen LogP contribution < -0.4 is 11.2 Å². The van der Waals surface area contributed by atoms with Gasteiger partial charge in [0.1, 0.15) is 12.2 Å². The van der Waals surface area contributed by atoms with Crippen LogP contribution in [0.3, 0.4) is 0 Å². The van der Waals surface area contributed by atoms with E-state index in [1.807, 2.05) is 0 Å². The van der Waals surface area contributed by atoms with E-state index in [0.717, 1.165) is 4.57 Å². The van der Waals surface area contributed by atoms with Crippen molar-refractivity contribution in [2.75, 3.05) is 6.61 Å². The number of ether oxygens (including phenoxy) is 1. The van der Waals surface area contributed by atoms with Crippen LogP contribution >= 0.6 is 0 Å². The van der Waals surface area contributed by atoms with E-state index in [2.05, 4.69) is 4.98 Å². The van der Waals surface area contributed by atoms with Crippen LogP contribution in [0.1, 0.15) is 12.7 Å². The molecular weight excluding hydrogens is 292 g/mol. The first-order valence-corrected chi connectivity index (χ1v) is 6.66. The largest absolute Gasteiger partial charge is 0.466 e. The molecule has 0 bridgehead atoms. The van der Waals surface area contributed by atoms with Crippen molar-refractivity contribution in [3.05, 3.63) is 32.8 Å². The van der Waals surface area contributed by atoms with Crippen molar-refractivity contribution in [3.8, 4) is 0 Å². The van der Waals surface area contributed by atoms with Gasteiger partial charge in [0.2, 0.25) is 0 Å². The number of fused-ring (bicyclic) bond motifs is 3. The molecule has 22 heavy (non-hydrogen) atoms. The maximum absolute atomic E-state index is 12.3. The lowest BCUT2D eigenvalue weighted by molar-refractivity contribution is -0.142. The summed E-state index contributed by atoms with van der Waals surface area (Å²) in [4.78, 5) is 39.8. The van der Waals surface area contributed by atoms with Crippen molar-refractivity contribution < 1.29 is 13.9 Å². The lowest BCUT2D eigenvalue weighted by Crippen LogP contribution is -2.37. The van der Waals surface area contributed by atoms with E-state index >= 15 is 0 Å². The summed E-state index contributed by atoms with van der Waals surface area (Å²) in [6.07, 6.45) is 1.46. The Morgan fingerprint density at radius 2 is 2.05 bits per heavy atom. The van der Waals surface area contributed by atoms with Crippen LogP contribution in [0.15, 0.2) is 20.2 Å². The maximum atomic E-state index is 12.3. The third-order valence-electron chi connectivity index (χ3n) is 3.38. The fraction of sp³-hybridized carbons (Fsp3) is 0.385. The van der Waals surface area contributed by atoms with E-state index in [9.17, 15) is 14.4 Å². The van der Waals surface area contributed by atoms with Crippen molar-refractivity contribution >= 4 is 23.0 Å². The Labute approximate surface area is 123 Å². The van der Waals surface area contributed by atoms with E-state index in [0.29, 0.717) is 5.76 Å². The van der Waals surface area contributed by atoms with Gasteiger partial charge >= 0.3 is 17.5 Å². The van der Waals surface area contributed by atoms with E-state index in [4.69, 9.17) is 9.15 Å². The molecule has 0 saturated heterocycles. The molecule has 0 amide bonds. The Balaban J connectivity index is 2.21. The Morgan fingerprint density at radius 1 is 1.32 bits per heavy atom. The molecule has 9 nitrogen and oxygen atoms in total. The molecule has 0 aromatic carbocycles. The molecule has 0 unspecified atom stereocenters. The third-order valence-corrected chi connectivity index (χ3v) is 3.38. The number of aromatic nitrogens is 4. The van der Waals surface area contributed by atoms with Gasteiger partial charge in [0.25, 0.3) is 5.56 Å².